The lowest BCUT2D eigenvalue weighted by atomic mass is 10.1. The molecule has 0 saturated heterocycles. The fourth-order valence-corrected chi connectivity index (χ4v) is 3.55. The van der Waals surface area contributed by atoms with Gasteiger partial charge in [-0.1, -0.05) is 18.2 Å². The van der Waals surface area contributed by atoms with Crippen molar-refractivity contribution in [1.82, 2.24) is 20.4 Å². The van der Waals surface area contributed by atoms with E-state index in [1.165, 1.54) is 11.3 Å². The molecular weight excluding hydrogens is 477 g/mol. The summed E-state index contributed by atoms with van der Waals surface area (Å²) in [5.41, 5.74) is 5.68. The van der Waals surface area contributed by atoms with E-state index in [2.05, 4.69) is 56.4 Å². The van der Waals surface area contributed by atoms with Gasteiger partial charge in [0.1, 0.15) is 17.9 Å². The molecule has 3 rings (SSSR count). The van der Waals surface area contributed by atoms with Crippen LogP contribution in [0, 0.1) is 20.8 Å². The maximum atomic E-state index is 5.99. The minimum absolute atomic E-state index is 0. The van der Waals surface area contributed by atoms with Gasteiger partial charge < -0.3 is 15.1 Å². The molecule has 1 aromatic carbocycles. The van der Waals surface area contributed by atoms with E-state index < -0.39 is 0 Å². The molecule has 0 fully saturated rings. The molecule has 3 aromatic rings. The van der Waals surface area contributed by atoms with Crippen molar-refractivity contribution in [3.63, 3.8) is 0 Å². The highest BCUT2D eigenvalue weighted by Gasteiger charge is 2.14. The molecule has 1 unspecified atom stereocenters. The first kappa shape index (κ1) is 23.3. The molecule has 0 aliphatic rings. The van der Waals surface area contributed by atoms with Gasteiger partial charge in [-0.25, -0.2) is 4.99 Å². The number of halogens is 1. The third-order valence-corrected chi connectivity index (χ3v) is 5.22. The lowest BCUT2D eigenvalue weighted by Gasteiger charge is -2.18. The SMILES string of the molecule is CCNC(=NCc1oc2ccccc2c1C)NC(C)Cc1c(C)nn(C)c1C.I. The molecule has 158 valence electrons. The van der Waals surface area contributed by atoms with Crippen molar-refractivity contribution in [2.45, 2.75) is 53.6 Å². The van der Waals surface area contributed by atoms with Crippen molar-refractivity contribution >= 4 is 40.9 Å². The van der Waals surface area contributed by atoms with Crippen molar-refractivity contribution in [3.8, 4) is 0 Å². The Morgan fingerprint density at radius 1 is 1.24 bits per heavy atom. The van der Waals surface area contributed by atoms with Gasteiger partial charge in [-0.15, -0.1) is 24.0 Å². The number of para-hydroxylation sites is 1. The minimum Gasteiger partial charge on any atom is -0.459 e. The molecule has 2 aromatic heterocycles. The van der Waals surface area contributed by atoms with Crippen LogP contribution in [0.25, 0.3) is 11.0 Å². The average Bonchev–Trinajstić information content (AvgIpc) is 3.11. The fraction of sp³-hybridized carbons (Fsp3) is 0.455. The van der Waals surface area contributed by atoms with Crippen LogP contribution in [0.5, 0.6) is 0 Å². The van der Waals surface area contributed by atoms with Crippen LogP contribution >= 0.6 is 24.0 Å². The lowest BCUT2D eigenvalue weighted by molar-refractivity contribution is 0.546. The average molecular weight is 509 g/mol. The fourth-order valence-electron chi connectivity index (χ4n) is 3.55. The molecule has 2 N–H and O–H groups in total. The first-order chi connectivity index (χ1) is 13.4. The number of hydrogen-bond donors (Lipinski definition) is 2. The molecule has 0 radical (unpaired) electrons. The number of fused-ring (bicyclic) bond motifs is 1. The molecule has 0 spiro atoms. The third kappa shape index (κ3) is 5.32. The Labute approximate surface area is 190 Å². The third-order valence-electron chi connectivity index (χ3n) is 5.22. The summed E-state index contributed by atoms with van der Waals surface area (Å²) in [6, 6.07) is 8.35. The highest BCUT2D eigenvalue weighted by atomic mass is 127. The van der Waals surface area contributed by atoms with Crippen molar-refractivity contribution in [2.75, 3.05) is 6.54 Å². The summed E-state index contributed by atoms with van der Waals surface area (Å²) in [5.74, 6) is 1.71. The lowest BCUT2D eigenvalue weighted by Crippen LogP contribution is -2.43. The number of rotatable bonds is 6. The molecule has 0 aliphatic heterocycles. The molecule has 0 aliphatic carbocycles. The van der Waals surface area contributed by atoms with E-state index >= 15 is 0 Å². The van der Waals surface area contributed by atoms with Crippen LogP contribution in [0.2, 0.25) is 0 Å². The molecule has 0 amide bonds. The zero-order valence-electron chi connectivity index (χ0n) is 18.2. The second kappa shape index (κ2) is 10.1. The smallest absolute Gasteiger partial charge is 0.191 e. The summed E-state index contributed by atoms with van der Waals surface area (Å²) in [7, 11) is 1.99. The van der Waals surface area contributed by atoms with Crippen LogP contribution in [0.1, 0.15) is 42.1 Å². The summed E-state index contributed by atoms with van der Waals surface area (Å²) in [6.45, 7) is 11.8. The number of benzene rings is 1. The Balaban J connectivity index is 0.00000300. The van der Waals surface area contributed by atoms with Gasteiger partial charge in [0.05, 0.1) is 5.69 Å². The number of nitrogens with one attached hydrogen (secondary N) is 2. The zero-order chi connectivity index (χ0) is 20.3. The molecule has 1 atom stereocenters. The van der Waals surface area contributed by atoms with Gasteiger partial charge in [0.2, 0.25) is 0 Å². The van der Waals surface area contributed by atoms with Gasteiger partial charge in [-0.05, 0) is 52.7 Å². The van der Waals surface area contributed by atoms with Gasteiger partial charge in [0.25, 0.3) is 0 Å². The highest BCUT2D eigenvalue weighted by molar-refractivity contribution is 14.0. The molecule has 29 heavy (non-hydrogen) atoms. The first-order valence-corrected chi connectivity index (χ1v) is 9.91. The molecule has 0 saturated carbocycles. The van der Waals surface area contributed by atoms with Gasteiger partial charge in [0.15, 0.2) is 5.96 Å². The van der Waals surface area contributed by atoms with E-state index in [0.29, 0.717) is 6.54 Å². The largest absolute Gasteiger partial charge is 0.459 e. The highest BCUT2D eigenvalue weighted by Crippen LogP contribution is 2.25. The Bertz CT molecular complexity index is 989. The Kier molecular flexibility index (Phi) is 8.13. The number of hydrogen-bond acceptors (Lipinski definition) is 3. The van der Waals surface area contributed by atoms with Crippen LogP contribution in [0.4, 0.5) is 0 Å². The Hall–Kier alpha value is -2.03. The summed E-state index contributed by atoms with van der Waals surface area (Å²) in [4.78, 5) is 4.75. The quantitative estimate of drug-likeness (QED) is 0.294. The summed E-state index contributed by atoms with van der Waals surface area (Å²) in [5, 5.41) is 12.5. The molecule has 7 heteroatoms. The van der Waals surface area contributed by atoms with Crippen molar-refractivity contribution in [1.29, 1.82) is 0 Å². The standard InChI is InChI=1S/C22H31N5O.HI/c1-7-23-22(25-14(2)12-19-16(4)26-27(6)17(19)5)24-13-21-15(3)18-10-8-9-11-20(18)28-21;/h8-11,14H,7,12-13H2,1-6H3,(H2,23,24,25);1H. The minimum atomic E-state index is 0. The van der Waals surface area contributed by atoms with Crippen molar-refractivity contribution < 1.29 is 4.42 Å². The van der Waals surface area contributed by atoms with Crippen LogP contribution in [-0.2, 0) is 20.0 Å². The van der Waals surface area contributed by atoms with E-state index in [1.807, 2.05) is 29.9 Å². The predicted molar refractivity (Wildman–Crippen MR) is 130 cm³/mol. The summed E-state index contributed by atoms with van der Waals surface area (Å²) in [6.07, 6.45) is 0.902. The van der Waals surface area contributed by atoms with Crippen LogP contribution in [-0.4, -0.2) is 28.3 Å². The normalized spacial score (nSPS) is 12.7. The van der Waals surface area contributed by atoms with Gasteiger partial charge in [-0.2, -0.15) is 5.10 Å². The topological polar surface area (TPSA) is 67.4 Å². The van der Waals surface area contributed by atoms with Crippen LogP contribution < -0.4 is 10.6 Å². The number of guanidine groups is 1. The molecule has 0 bridgehead atoms. The second-order valence-corrected chi connectivity index (χ2v) is 7.36. The molecular formula is C22H32IN5O. The predicted octanol–water partition coefficient (Wildman–Crippen LogP) is 4.40. The van der Waals surface area contributed by atoms with Gasteiger partial charge in [0, 0.05) is 36.3 Å². The van der Waals surface area contributed by atoms with E-state index in [1.54, 1.807) is 0 Å². The number of furan rings is 1. The van der Waals surface area contributed by atoms with E-state index in [9.17, 15) is 0 Å². The maximum Gasteiger partial charge on any atom is 0.191 e. The van der Waals surface area contributed by atoms with E-state index in [-0.39, 0.29) is 30.0 Å². The van der Waals surface area contributed by atoms with Crippen molar-refractivity contribution in [2.24, 2.45) is 12.0 Å². The van der Waals surface area contributed by atoms with Crippen LogP contribution in [0.3, 0.4) is 0 Å². The molecule has 2 heterocycles. The second-order valence-electron chi connectivity index (χ2n) is 7.36. The number of aliphatic imine (C=N–C) groups is 1. The van der Waals surface area contributed by atoms with Crippen LogP contribution in [0.15, 0.2) is 33.7 Å². The first-order valence-electron chi connectivity index (χ1n) is 9.91. The van der Waals surface area contributed by atoms with Crippen molar-refractivity contribution in [3.05, 3.63) is 52.5 Å². The monoisotopic (exact) mass is 509 g/mol. The van der Waals surface area contributed by atoms with E-state index in [4.69, 9.17) is 9.41 Å². The maximum absolute atomic E-state index is 5.99. The number of nitrogens with zero attached hydrogens (tertiary/aromatic N) is 3. The Morgan fingerprint density at radius 3 is 2.59 bits per heavy atom. The number of aryl methyl sites for hydroxylation is 3. The van der Waals surface area contributed by atoms with Gasteiger partial charge in [-0.3, -0.25) is 4.68 Å². The Morgan fingerprint density at radius 2 is 1.97 bits per heavy atom. The zero-order valence-corrected chi connectivity index (χ0v) is 20.5. The van der Waals surface area contributed by atoms with E-state index in [0.717, 1.165) is 46.9 Å². The molecule has 6 nitrogen and oxygen atoms in total. The number of aromatic nitrogens is 2. The summed E-state index contributed by atoms with van der Waals surface area (Å²) >= 11 is 0. The van der Waals surface area contributed by atoms with Gasteiger partial charge >= 0.3 is 0 Å². The summed E-state index contributed by atoms with van der Waals surface area (Å²) < 4.78 is 7.93.